The largest absolute Gasteiger partial charge is 0.481 e. The van der Waals surface area contributed by atoms with Crippen molar-refractivity contribution in [2.45, 2.75) is 37.0 Å². The Balaban J connectivity index is 5.19. The molecule has 4 atom stereocenters. The highest BCUT2D eigenvalue weighted by Crippen LogP contribution is 2.00. The average molecular weight is 536 g/mol. The van der Waals surface area contributed by atoms with Crippen LogP contribution in [0.3, 0.4) is 0 Å². The predicted octanol–water partition coefficient (Wildman–Crippen LogP) is -6.98. The molecule has 0 aromatic heterocycles. The Labute approximate surface area is 207 Å². The van der Waals surface area contributed by atoms with E-state index in [9.17, 15) is 43.5 Å². The Hall–Kier alpha value is -4.36. The maximum absolute atomic E-state index is 12.4. The number of aliphatic carboxylic acids is 3. The summed E-state index contributed by atoms with van der Waals surface area (Å²) in [6.07, 6.45) is -2.13. The summed E-state index contributed by atoms with van der Waals surface area (Å²) in [7, 11) is 0. The number of hydrogen-bond donors (Lipinski definition) is 11. The van der Waals surface area contributed by atoms with Crippen molar-refractivity contribution in [3.8, 4) is 0 Å². The van der Waals surface area contributed by atoms with Gasteiger partial charge in [-0.3, -0.25) is 33.6 Å². The molecule has 0 bridgehead atoms. The van der Waals surface area contributed by atoms with Gasteiger partial charge in [-0.25, -0.2) is 4.79 Å². The van der Waals surface area contributed by atoms with Gasteiger partial charge in [-0.2, -0.15) is 0 Å². The number of aliphatic hydroxyl groups excluding tert-OH is 2. The molecule has 0 spiro atoms. The molecule has 0 aliphatic carbocycles. The van der Waals surface area contributed by atoms with Gasteiger partial charge in [0.1, 0.15) is 24.2 Å². The molecule has 12 N–H and O–H groups in total. The number of nitrogens with one attached hydrogen (secondary N) is 5. The van der Waals surface area contributed by atoms with E-state index in [0.29, 0.717) is 0 Å². The molecule has 37 heavy (non-hydrogen) atoms. The SMILES string of the molecule is NCC(=O)N[C@@H](CO)C(=O)NCC(=O)N[C@@H](CO)C(=O)N[C@@H](CC(=O)O)C(=O)N[C@@H](CC(=O)O)C(=O)O. The lowest BCUT2D eigenvalue weighted by atomic mass is 10.1. The number of rotatable bonds is 17. The maximum Gasteiger partial charge on any atom is 0.326 e. The van der Waals surface area contributed by atoms with E-state index in [1.54, 1.807) is 5.32 Å². The molecular formula is C18H28N6O13. The summed E-state index contributed by atoms with van der Waals surface area (Å²) in [5.74, 6) is -10.4. The van der Waals surface area contributed by atoms with Gasteiger partial charge in [0.15, 0.2) is 0 Å². The van der Waals surface area contributed by atoms with Crippen molar-refractivity contribution in [2.75, 3.05) is 26.3 Å². The quantitative estimate of drug-likeness (QED) is 0.0823. The molecule has 5 amide bonds. The van der Waals surface area contributed by atoms with Crippen LogP contribution in [0.15, 0.2) is 0 Å². The molecule has 0 aliphatic rings. The third-order valence-electron chi connectivity index (χ3n) is 4.28. The van der Waals surface area contributed by atoms with Gasteiger partial charge >= 0.3 is 17.9 Å². The zero-order valence-electron chi connectivity index (χ0n) is 19.1. The summed E-state index contributed by atoms with van der Waals surface area (Å²) in [6.45, 7) is -3.17. The summed E-state index contributed by atoms with van der Waals surface area (Å²) >= 11 is 0. The number of carbonyl (C=O) groups is 8. The van der Waals surface area contributed by atoms with Crippen LogP contribution in [0.2, 0.25) is 0 Å². The molecule has 0 unspecified atom stereocenters. The summed E-state index contributed by atoms with van der Waals surface area (Å²) in [5.41, 5.74) is 5.07. The maximum atomic E-state index is 12.4. The second-order valence-electron chi connectivity index (χ2n) is 7.18. The van der Waals surface area contributed by atoms with Crippen molar-refractivity contribution in [3.05, 3.63) is 0 Å². The molecule has 0 fully saturated rings. The number of hydrogen-bond acceptors (Lipinski definition) is 11. The van der Waals surface area contributed by atoms with E-state index >= 15 is 0 Å². The fourth-order valence-corrected chi connectivity index (χ4v) is 2.48. The van der Waals surface area contributed by atoms with Gasteiger partial charge in [-0.05, 0) is 0 Å². The first-order chi connectivity index (χ1) is 17.2. The fraction of sp³-hybridized carbons (Fsp3) is 0.556. The summed E-state index contributed by atoms with van der Waals surface area (Å²) in [5, 5.41) is 55.0. The number of carboxylic acids is 3. The number of carbonyl (C=O) groups excluding carboxylic acids is 5. The predicted molar refractivity (Wildman–Crippen MR) is 116 cm³/mol. The minimum absolute atomic E-state index is 0.477. The Kier molecular flexibility index (Phi) is 14.4. The van der Waals surface area contributed by atoms with E-state index in [2.05, 4.69) is 5.32 Å². The van der Waals surface area contributed by atoms with E-state index < -0.39 is 111 Å². The van der Waals surface area contributed by atoms with Crippen LogP contribution in [0.1, 0.15) is 12.8 Å². The molecule has 0 aliphatic heterocycles. The monoisotopic (exact) mass is 536 g/mol. The molecule has 0 aromatic carbocycles. The normalized spacial score (nSPS) is 13.6. The molecule has 19 nitrogen and oxygen atoms in total. The van der Waals surface area contributed by atoms with Gasteiger partial charge in [0.25, 0.3) is 0 Å². The third kappa shape index (κ3) is 12.8. The minimum Gasteiger partial charge on any atom is -0.481 e. The van der Waals surface area contributed by atoms with Crippen LogP contribution in [-0.4, -0.2) is 123 Å². The van der Waals surface area contributed by atoms with E-state index in [1.807, 2.05) is 16.0 Å². The van der Waals surface area contributed by atoms with Gasteiger partial charge in [-0.15, -0.1) is 0 Å². The molecule has 0 saturated carbocycles. The summed E-state index contributed by atoms with van der Waals surface area (Å²) in [6, 6.07) is -7.09. The van der Waals surface area contributed by atoms with Crippen molar-refractivity contribution in [1.82, 2.24) is 26.6 Å². The topological polar surface area (TPSA) is 324 Å². The Morgan fingerprint density at radius 2 is 1.03 bits per heavy atom. The standard InChI is InChI=1S/C18H28N6O13/c19-3-11(27)21-9(5-25)15(33)20-4-12(28)22-10(6-26)17(35)23-7(1-13(29)30)16(34)24-8(18(36)37)2-14(31)32/h7-10,25-26H,1-6,19H2,(H,20,33)(H,21,27)(H,22,28)(H,23,35)(H,24,34)(H,29,30)(H,31,32)(H,36,37)/t7-,8-,9-,10-/m0/s1. The van der Waals surface area contributed by atoms with E-state index in [0.717, 1.165) is 0 Å². The van der Waals surface area contributed by atoms with Crippen LogP contribution in [0.4, 0.5) is 0 Å². The van der Waals surface area contributed by atoms with Gasteiger partial charge in [0, 0.05) is 0 Å². The van der Waals surface area contributed by atoms with Crippen LogP contribution in [0.5, 0.6) is 0 Å². The van der Waals surface area contributed by atoms with E-state index in [1.165, 1.54) is 0 Å². The number of carboxylic acid groups (broad SMARTS) is 3. The zero-order valence-corrected chi connectivity index (χ0v) is 19.1. The minimum atomic E-state index is -1.95. The highest BCUT2D eigenvalue weighted by Gasteiger charge is 2.31. The number of aliphatic hydroxyl groups is 2. The smallest absolute Gasteiger partial charge is 0.326 e. The lowest BCUT2D eigenvalue weighted by Crippen LogP contribution is -2.58. The Morgan fingerprint density at radius 3 is 1.49 bits per heavy atom. The number of nitrogens with two attached hydrogens (primary N) is 1. The zero-order chi connectivity index (χ0) is 28.7. The Bertz CT molecular complexity index is 895. The molecule has 0 heterocycles. The van der Waals surface area contributed by atoms with Crippen molar-refractivity contribution >= 4 is 47.4 Å². The van der Waals surface area contributed by atoms with E-state index in [4.69, 9.17) is 26.2 Å². The van der Waals surface area contributed by atoms with Crippen molar-refractivity contribution in [2.24, 2.45) is 5.73 Å². The van der Waals surface area contributed by atoms with Gasteiger partial charge < -0.3 is 57.9 Å². The molecule has 0 rings (SSSR count). The highest BCUT2D eigenvalue weighted by atomic mass is 16.4. The van der Waals surface area contributed by atoms with Crippen molar-refractivity contribution < 1.29 is 63.9 Å². The lowest BCUT2D eigenvalue weighted by Gasteiger charge is -2.22. The first-order valence-corrected chi connectivity index (χ1v) is 10.3. The van der Waals surface area contributed by atoms with Gasteiger partial charge in [0.2, 0.25) is 29.5 Å². The molecule has 208 valence electrons. The molecule has 0 saturated heterocycles. The van der Waals surface area contributed by atoms with E-state index in [-0.39, 0.29) is 0 Å². The molecular weight excluding hydrogens is 508 g/mol. The fourth-order valence-electron chi connectivity index (χ4n) is 2.48. The first-order valence-electron chi connectivity index (χ1n) is 10.3. The Morgan fingerprint density at radius 1 is 0.595 bits per heavy atom. The number of amides is 5. The summed E-state index contributed by atoms with van der Waals surface area (Å²) in [4.78, 5) is 92.9. The lowest BCUT2D eigenvalue weighted by molar-refractivity contribution is -0.148. The van der Waals surface area contributed by atoms with Crippen LogP contribution < -0.4 is 32.3 Å². The molecule has 0 aromatic rings. The van der Waals surface area contributed by atoms with Gasteiger partial charge in [0.05, 0.1) is 39.1 Å². The highest BCUT2D eigenvalue weighted by molar-refractivity contribution is 5.96. The van der Waals surface area contributed by atoms with Crippen LogP contribution in [0, 0.1) is 0 Å². The van der Waals surface area contributed by atoms with Crippen molar-refractivity contribution in [3.63, 3.8) is 0 Å². The van der Waals surface area contributed by atoms with Crippen LogP contribution >= 0.6 is 0 Å². The molecule has 0 radical (unpaired) electrons. The van der Waals surface area contributed by atoms with Crippen LogP contribution in [0.25, 0.3) is 0 Å². The van der Waals surface area contributed by atoms with Crippen LogP contribution in [-0.2, 0) is 38.4 Å². The summed E-state index contributed by atoms with van der Waals surface area (Å²) < 4.78 is 0. The third-order valence-corrected chi connectivity index (χ3v) is 4.28. The van der Waals surface area contributed by atoms with Gasteiger partial charge in [-0.1, -0.05) is 0 Å². The van der Waals surface area contributed by atoms with Crippen molar-refractivity contribution in [1.29, 1.82) is 0 Å². The first kappa shape index (κ1) is 32.6. The molecule has 19 heteroatoms. The second-order valence-corrected chi connectivity index (χ2v) is 7.18. The average Bonchev–Trinajstić information content (AvgIpc) is 2.82. The second kappa shape index (κ2) is 16.3.